The molecule has 1 rings (SSSR count). The Morgan fingerprint density at radius 1 is 1.33 bits per heavy atom. The lowest BCUT2D eigenvalue weighted by Crippen LogP contribution is -2.22. The third-order valence-corrected chi connectivity index (χ3v) is 1.88. The molecule has 0 amide bonds. The fraction of sp³-hybridized carbons (Fsp3) is 0.400. The zero-order valence-electron chi connectivity index (χ0n) is 8.76. The molecule has 1 aromatic carbocycles. The van der Waals surface area contributed by atoms with Gasteiger partial charge in [-0.05, 0) is 31.0 Å². The Labute approximate surface area is 89.8 Å². The first-order valence-electron chi connectivity index (χ1n) is 4.91. The second-order valence-electron chi connectivity index (χ2n) is 3.62. The van der Waals surface area contributed by atoms with Crippen LogP contribution in [0.15, 0.2) is 24.3 Å². The molecule has 0 bridgehead atoms. The zero-order valence-corrected chi connectivity index (χ0v) is 8.76. The summed E-state index contributed by atoms with van der Waals surface area (Å²) in [5.74, 6) is 0.622. The van der Waals surface area contributed by atoms with E-state index < -0.39 is 7.12 Å². The maximum atomic E-state index is 8.60. The first kappa shape index (κ1) is 12.0. The zero-order chi connectivity index (χ0) is 11.3. The molecule has 15 heavy (non-hydrogen) atoms. The molecule has 0 radical (unpaired) electrons. The molecule has 1 aromatic rings. The summed E-state index contributed by atoms with van der Waals surface area (Å²) in [5.41, 5.74) is 6.80. The second-order valence-corrected chi connectivity index (χ2v) is 3.62. The van der Waals surface area contributed by atoms with Crippen LogP contribution in [-0.2, 0) is 6.42 Å². The van der Waals surface area contributed by atoms with Gasteiger partial charge in [-0.25, -0.2) is 0 Å². The summed E-state index contributed by atoms with van der Waals surface area (Å²) in [4.78, 5) is 0. The molecular formula is C10H16BNO3. The highest BCUT2D eigenvalue weighted by Gasteiger charge is 2.07. The summed E-state index contributed by atoms with van der Waals surface area (Å²) in [6.45, 7) is 1.83. The van der Waals surface area contributed by atoms with Gasteiger partial charge in [0.05, 0.1) is 0 Å². The molecule has 0 spiro atoms. The lowest BCUT2D eigenvalue weighted by Gasteiger charge is -2.07. The molecule has 5 heteroatoms. The Bertz CT molecular complexity index is 287. The van der Waals surface area contributed by atoms with E-state index in [9.17, 15) is 0 Å². The van der Waals surface area contributed by atoms with Crippen molar-refractivity contribution in [3.05, 3.63) is 29.8 Å². The fourth-order valence-electron chi connectivity index (χ4n) is 1.26. The van der Waals surface area contributed by atoms with Crippen LogP contribution in [0.1, 0.15) is 12.5 Å². The minimum atomic E-state index is -1.44. The van der Waals surface area contributed by atoms with Gasteiger partial charge in [0, 0.05) is 6.04 Å². The number of hydrogen-bond donors (Lipinski definition) is 3. The molecular weight excluding hydrogens is 193 g/mol. The van der Waals surface area contributed by atoms with E-state index in [-0.39, 0.29) is 12.5 Å². The maximum Gasteiger partial charge on any atom is 0.491 e. The van der Waals surface area contributed by atoms with Crippen LogP contribution in [0, 0.1) is 0 Å². The van der Waals surface area contributed by atoms with E-state index >= 15 is 0 Å². The number of benzene rings is 1. The van der Waals surface area contributed by atoms with Gasteiger partial charge < -0.3 is 20.5 Å². The Kier molecular flexibility index (Phi) is 4.61. The topological polar surface area (TPSA) is 75.7 Å². The Morgan fingerprint density at radius 2 is 1.93 bits per heavy atom. The predicted octanol–water partition coefficient (Wildman–Crippen LogP) is -0.0329. The molecule has 0 aromatic heterocycles. The van der Waals surface area contributed by atoms with Gasteiger partial charge in [0.1, 0.15) is 12.3 Å². The van der Waals surface area contributed by atoms with Crippen LogP contribution in [0.5, 0.6) is 5.75 Å². The standard InChI is InChI=1S/C10H16BNO3/c1-8(12)6-9-2-4-10(5-3-9)15-7-11(13)14/h2-5,8,13-14H,6-7,12H2,1H3/t8-/m1/s1. The van der Waals surface area contributed by atoms with Crippen LogP contribution in [0.4, 0.5) is 0 Å². The summed E-state index contributed by atoms with van der Waals surface area (Å²) in [6.07, 6.45) is 0.822. The van der Waals surface area contributed by atoms with Crippen molar-refractivity contribution in [2.75, 3.05) is 6.51 Å². The highest BCUT2D eigenvalue weighted by molar-refractivity contribution is 6.40. The predicted molar refractivity (Wildman–Crippen MR) is 59.5 cm³/mol. The Hall–Kier alpha value is -1.04. The molecule has 0 fully saturated rings. The van der Waals surface area contributed by atoms with Crippen molar-refractivity contribution < 1.29 is 14.8 Å². The number of rotatable bonds is 5. The molecule has 1 atom stereocenters. The smallest absolute Gasteiger partial charge is 0.491 e. The minimum Gasteiger partial charge on any atom is -0.496 e. The molecule has 0 saturated carbocycles. The first-order valence-corrected chi connectivity index (χ1v) is 4.91. The SMILES string of the molecule is C[C@@H](N)Cc1ccc(OCB(O)O)cc1. The van der Waals surface area contributed by atoms with Gasteiger partial charge in [0.2, 0.25) is 0 Å². The first-order chi connectivity index (χ1) is 7.08. The molecule has 0 unspecified atom stereocenters. The fourth-order valence-corrected chi connectivity index (χ4v) is 1.26. The molecule has 0 aliphatic carbocycles. The van der Waals surface area contributed by atoms with Crippen LogP contribution >= 0.6 is 0 Å². The van der Waals surface area contributed by atoms with Crippen molar-refractivity contribution in [3.8, 4) is 5.75 Å². The average molecular weight is 209 g/mol. The van der Waals surface area contributed by atoms with Crippen LogP contribution in [0.25, 0.3) is 0 Å². The van der Waals surface area contributed by atoms with E-state index in [1.54, 1.807) is 12.1 Å². The Morgan fingerprint density at radius 3 is 2.40 bits per heavy atom. The van der Waals surface area contributed by atoms with E-state index in [1.165, 1.54) is 0 Å². The summed E-state index contributed by atoms with van der Waals surface area (Å²) in [6, 6.07) is 7.56. The van der Waals surface area contributed by atoms with Crippen molar-refractivity contribution in [2.24, 2.45) is 5.73 Å². The van der Waals surface area contributed by atoms with Crippen LogP contribution in [0.3, 0.4) is 0 Å². The van der Waals surface area contributed by atoms with Crippen LogP contribution < -0.4 is 10.5 Å². The lowest BCUT2D eigenvalue weighted by molar-refractivity contribution is 0.306. The third kappa shape index (κ3) is 4.83. The highest BCUT2D eigenvalue weighted by Crippen LogP contribution is 2.13. The van der Waals surface area contributed by atoms with Crippen LogP contribution in [0.2, 0.25) is 0 Å². The lowest BCUT2D eigenvalue weighted by atomic mass is 9.95. The molecule has 0 aliphatic heterocycles. The van der Waals surface area contributed by atoms with Gasteiger partial charge in [0.15, 0.2) is 0 Å². The third-order valence-electron chi connectivity index (χ3n) is 1.88. The molecule has 0 aliphatic rings. The largest absolute Gasteiger partial charge is 0.496 e. The van der Waals surface area contributed by atoms with Gasteiger partial charge >= 0.3 is 7.12 Å². The molecule has 4 nitrogen and oxygen atoms in total. The molecule has 4 N–H and O–H groups in total. The van der Waals surface area contributed by atoms with Gasteiger partial charge in [-0.3, -0.25) is 0 Å². The van der Waals surface area contributed by atoms with E-state index in [0.29, 0.717) is 5.75 Å². The van der Waals surface area contributed by atoms with Gasteiger partial charge in [-0.2, -0.15) is 0 Å². The number of nitrogens with two attached hydrogens (primary N) is 1. The van der Waals surface area contributed by atoms with Crippen molar-refractivity contribution in [1.82, 2.24) is 0 Å². The summed E-state index contributed by atoms with van der Waals surface area (Å²) >= 11 is 0. The normalized spacial score (nSPS) is 12.3. The number of ether oxygens (including phenoxy) is 1. The van der Waals surface area contributed by atoms with E-state index in [1.807, 2.05) is 19.1 Å². The summed E-state index contributed by atoms with van der Waals surface area (Å²) in [7, 11) is -1.44. The minimum absolute atomic E-state index is 0.118. The van der Waals surface area contributed by atoms with Crippen molar-refractivity contribution in [1.29, 1.82) is 0 Å². The van der Waals surface area contributed by atoms with Crippen molar-refractivity contribution in [2.45, 2.75) is 19.4 Å². The molecule has 0 heterocycles. The van der Waals surface area contributed by atoms with Crippen LogP contribution in [-0.4, -0.2) is 29.7 Å². The van der Waals surface area contributed by atoms with Crippen molar-refractivity contribution >= 4 is 7.12 Å². The summed E-state index contributed by atoms with van der Waals surface area (Å²) in [5, 5.41) is 17.2. The average Bonchev–Trinajstić information content (AvgIpc) is 2.16. The van der Waals surface area contributed by atoms with E-state index in [2.05, 4.69) is 0 Å². The van der Waals surface area contributed by atoms with Gasteiger partial charge in [-0.15, -0.1) is 0 Å². The highest BCUT2D eigenvalue weighted by atomic mass is 16.5. The molecule has 0 saturated heterocycles. The van der Waals surface area contributed by atoms with E-state index in [0.717, 1.165) is 12.0 Å². The second kappa shape index (κ2) is 5.75. The maximum absolute atomic E-state index is 8.60. The Balaban J connectivity index is 2.49. The quantitative estimate of drug-likeness (QED) is 0.595. The number of hydrogen-bond acceptors (Lipinski definition) is 4. The van der Waals surface area contributed by atoms with Crippen molar-refractivity contribution in [3.63, 3.8) is 0 Å². The van der Waals surface area contributed by atoms with E-state index in [4.69, 9.17) is 20.5 Å². The van der Waals surface area contributed by atoms with Gasteiger partial charge in [0.25, 0.3) is 0 Å². The monoisotopic (exact) mass is 209 g/mol. The van der Waals surface area contributed by atoms with Gasteiger partial charge in [-0.1, -0.05) is 12.1 Å². The summed E-state index contributed by atoms with van der Waals surface area (Å²) < 4.78 is 5.10. The molecule has 82 valence electrons.